The molecule has 0 atom stereocenters. The lowest BCUT2D eigenvalue weighted by Crippen LogP contribution is -2.22. The minimum Gasteiger partial charge on any atom is -0.493 e. The SMILES string of the molecule is COc1cc(C)ccc1Oc1ccc(NC(=O)c2cc3c([nH]2)CNCC3)cn1. The Bertz CT molecular complexity index is 972. The second kappa shape index (κ2) is 7.74. The summed E-state index contributed by atoms with van der Waals surface area (Å²) in [6, 6.07) is 11.1. The summed E-state index contributed by atoms with van der Waals surface area (Å²) in [5.41, 5.74) is 4.50. The third kappa shape index (κ3) is 3.84. The Labute approximate surface area is 163 Å². The van der Waals surface area contributed by atoms with Gasteiger partial charge in [-0.1, -0.05) is 6.07 Å². The lowest BCUT2D eigenvalue weighted by Gasteiger charge is -2.11. The number of fused-ring (bicyclic) bond motifs is 1. The van der Waals surface area contributed by atoms with E-state index >= 15 is 0 Å². The number of carbonyl (C=O) groups is 1. The van der Waals surface area contributed by atoms with Crippen LogP contribution in [-0.4, -0.2) is 29.5 Å². The molecule has 4 rings (SSSR count). The number of benzene rings is 1. The molecule has 7 heteroatoms. The summed E-state index contributed by atoms with van der Waals surface area (Å²) >= 11 is 0. The first-order valence-electron chi connectivity index (χ1n) is 9.14. The van der Waals surface area contributed by atoms with Gasteiger partial charge in [-0.3, -0.25) is 4.79 Å². The number of rotatable bonds is 5. The Kier molecular flexibility index (Phi) is 4.99. The van der Waals surface area contributed by atoms with Gasteiger partial charge in [-0.15, -0.1) is 0 Å². The number of nitrogens with one attached hydrogen (secondary N) is 3. The minimum absolute atomic E-state index is 0.190. The number of nitrogens with zero attached hydrogens (tertiary/aromatic N) is 1. The second-order valence-corrected chi connectivity index (χ2v) is 6.71. The van der Waals surface area contributed by atoms with Gasteiger partial charge in [-0.25, -0.2) is 4.98 Å². The number of H-pyrrole nitrogens is 1. The van der Waals surface area contributed by atoms with Crippen LogP contribution in [0.2, 0.25) is 0 Å². The predicted octanol–water partition coefficient (Wildman–Crippen LogP) is 3.42. The summed E-state index contributed by atoms with van der Waals surface area (Å²) in [7, 11) is 1.60. The van der Waals surface area contributed by atoms with Crippen molar-refractivity contribution in [1.82, 2.24) is 15.3 Å². The van der Waals surface area contributed by atoms with E-state index in [1.165, 1.54) is 5.56 Å². The fraction of sp³-hybridized carbons (Fsp3) is 0.238. The molecular formula is C21H22N4O3. The molecule has 0 saturated carbocycles. The van der Waals surface area contributed by atoms with Crippen LogP contribution < -0.4 is 20.1 Å². The number of amides is 1. The largest absolute Gasteiger partial charge is 0.493 e. The van der Waals surface area contributed by atoms with Crippen molar-refractivity contribution in [1.29, 1.82) is 0 Å². The van der Waals surface area contributed by atoms with Crippen LogP contribution in [0, 0.1) is 6.92 Å². The molecular weight excluding hydrogens is 356 g/mol. The maximum Gasteiger partial charge on any atom is 0.272 e. The first-order chi connectivity index (χ1) is 13.6. The molecule has 144 valence electrons. The Balaban J connectivity index is 1.43. The molecule has 2 aromatic heterocycles. The molecule has 7 nitrogen and oxygen atoms in total. The van der Waals surface area contributed by atoms with Crippen LogP contribution in [-0.2, 0) is 13.0 Å². The van der Waals surface area contributed by atoms with Gasteiger partial charge in [-0.2, -0.15) is 0 Å². The van der Waals surface area contributed by atoms with Crippen LogP contribution in [0.25, 0.3) is 0 Å². The van der Waals surface area contributed by atoms with E-state index < -0.39 is 0 Å². The Morgan fingerprint density at radius 1 is 1.18 bits per heavy atom. The highest BCUT2D eigenvalue weighted by Crippen LogP contribution is 2.31. The zero-order chi connectivity index (χ0) is 19.5. The fourth-order valence-corrected chi connectivity index (χ4v) is 3.16. The zero-order valence-electron chi connectivity index (χ0n) is 15.8. The van der Waals surface area contributed by atoms with Crippen molar-refractivity contribution >= 4 is 11.6 Å². The Hall–Kier alpha value is -3.32. The zero-order valence-corrected chi connectivity index (χ0v) is 15.8. The Morgan fingerprint density at radius 2 is 2.07 bits per heavy atom. The molecule has 1 aliphatic rings. The van der Waals surface area contributed by atoms with E-state index in [0.29, 0.717) is 28.8 Å². The smallest absolute Gasteiger partial charge is 0.272 e. The van der Waals surface area contributed by atoms with Gasteiger partial charge >= 0.3 is 0 Å². The highest BCUT2D eigenvalue weighted by Gasteiger charge is 2.16. The molecule has 1 aromatic carbocycles. The van der Waals surface area contributed by atoms with Gasteiger partial charge in [0, 0.05) is 18.3 Å². The Morgan fingerprint density at radius 3 is 2.82 bits per heavy atom. The summed E-state index contributed by atoms with van der Waals surface area (Å²) in [4.78, 5) is 19.9. The van der Waals surface area contributed by atoms with E-state index in [9.17, 15) is 4.79 Å². The van der Waals surface area contributed by atoms with Crippen molar-refractivity contribution in [3.8, 4) is 17.4 Å². The molecule has 0 unspecified atom stereocenters. The van der Waals surface area contributed by atoms with Gasteiger partial charge < -0.3 is 25.1 Å². The lowest BCUT2D eigenvalue weighted by molar-refractivity contribution is 0.102. The molecule has 28 heavy (non-hydrogen) atoms. The van der Waals surface area contributed by atoms with E-state index in [1.807, 2.05) is 31.2 Å². The molecule has 0 fully saturated rings. The van der Waals surface area contributed by atoms with E-state index in [-0.39, 0.29) is 5.91 Å². The first kappa shape index (κ1) is 18.1. The lowest BCUT2D eigenvalue weighted by atomic mass is 10.1. The second-order valence-electron chi connectivity index (χ2n) is 6.71. The molecule has 1 aliphatic heterocycles. The highest BCUT2D eigenvalue weighted by atomic mass is 16.5. The maximum absolute atomic E-state index is 12.5. The van der Waals surface area contributed by atoms with E-state index in [4.69, 9.17) is 9.47 Å². The number of methoxy groups -OCH3 is 1. The molecule has 0 aliphatic carbocycles. The molecule has 3 N–H and O–H groups in total. The number of hydrogen-bond acceptors (Lipinski definition) is 5. The van der Waals surface area contributed by atoms with Gasteiger partial charge in [0.25, 0.3) is 5.91 Å². The van der Waals surface area contributed by atoms with Gasteiger partial charge in [0.05, 0.1) is 19.0 Å². The number of aryl methyl sites for hydroxylation is 1. The number of pyridine rings is 1. The van der Waals surface area contributed by atoms with Crippen molar-refractivity contribution < 1.29 is 14.3 Å². The normalized spacial score (nSPS) is 12.9. The van der Waals surface area contributed by atoms with Crippen molar-refractivity contribution in [2.24, 2.45) is 0 Å². The molecule has 0 radical (unpaired) electrons. The number of hydrogen-bond donors (Lipinski definition) is 3. The molecule has 3 heterocycles. The standard InChI is InChI=1S/C21H22N4O3/c1-13-3-5-18(19(9-13)27-2)28-20-6-4-15(11-23-20)24-21(26)16-10-14-7-8-22-12-17(14)25-16/h3-6,9-11,22,25H,7-8,12H2,1-2H3,(H,24,26). The van der Waals surface area contributed by atoms with Crippen molar-refractivity contribution in [2.45, 2.75) is 19.9 Å². The molecule has 0 saturated heterocycles. The molecule has 0 bridgehead atoms. The van der Waals surface area contributed by atoms with Gasteiger partial charge in [-0.05, 0) is 55.3 Å². The highest BCUT2D eigenvalue weighted by molar-refractivity contribution is 6.03. The molecule has 1 amide bonds. The van der Waals surface area contributed by atoms with Crippen molar-refractivity contribution in [2.75, 3.05) is 19.0 Å². The number of carbonyl (C=O) groups excluding carboxylic acids is 1. The number of anilines is 1. The topological polar surface area (TPSA) is 88.3 Å². The van der Waals surface area contributed by atoms with Crippen LogP contribution in [0.1, 0.15) is 27.3 Å². The van der Waals surface area contributed by atoms with Crippen LogP contribution in [0.15, 0.2) is 42.6 Å². The summed E-state index contributed by atoms with van der Waals surface area (Å²) in [5, 5.41) is 6.14. The van der Waals surface area contributed by atoms with E-state index in [2.05, 4.69) is 20.6 Å². The van der Waals surface area contributed by atoms with E-state index in [1.54, 1.807) is 25.4 Å². The summed E-state index contributed by atoms with van der Waals surface area (Å²) in [6.07, 6.45) is 2.49. The third-order valence-corrected chi connectivity index (χ3v) is 4.64. The maximum atomic E-state index is 12.5. The van der Waals surface area contributed by atoms with Crippen molar-refractivity contribution in [3.63, 3.8) is 0 Å². The average Bonchev–Trinajstić information content (AvgIpc) is 3.15. The number of aromatic nitrogens is 2. The van der Waals surface area contributed by atoms with Crippen LogP contribution >= 0.6 is 0 Å². The number of ether oxygens (including phenoxy) is 2. The quantitative estimate of drug-likeness (QED) is 0.633. The molecule has 3 aromatic rings. The monoisotopic (exact) mass is 378 g/mol. The summed E-state index contributed by atoms with van der Waals surface area (Å²) < 4.78 is 11.1. The molecule has 0 spiro atoms. The van der Waals surface area contributed by atoms with Crippen LogP contribution in [0.5, 0.6) is 17.4 Å². The first-order valence-corrected chi connectivity index (χ1v) is 9.14. The summed E-state index contributed by atoms with van der Waals surface area (Å²) in [6.45, 7) is 3.68. The minimum atomic E-state index is -0.190. The van der Waals surface area contributed by atoms with Gasteiger partial charge in [0.1, 0.15) is 5.69 Å². The van der Waals surface area contributed by atoms with Crippen LogP contribution in [0.3, 0.4) is 0 Å². The van der Waals surface area contributed by atoms with Crippen molar-refractivity contribution in [3.05, 3.63) is 65.1 Å². The average molecular weight is 378 g/mol. The third-order valence-electron chi connectivity index (χ3n) is 4.64. The predicted molar refractivity (Wildman–Crippen MR) is 106 cm³/mol. The van der Waals surface area contributed by atoms with Gasteiger partial charge in [0.15, 0.2) is 11.5 Å². The summed E-state index contributed by atoms with van der Waals surface area (Å²) in [5.74, 6) is 1.46. The fourth-order valence-electron chi connectivity index (χ4n) is 3.16. The van der Waals surface area contributed by atoms with Crippen LogP contribution in [0.4, 0.5) is 5.69 Å². The van der Waals surface area contributed by atoms with E-state index in [0.717, 1.165) is 30.8 Å². The van der Waals surface area contributed by atoms with Gasteiger partial charge in [0.2, 0.25) is 5.88 Å². The number of aromatic amines is 1.